The maximum Gasteiger partial charge on any atom is 0.307 e. The quantitative estimate of drug-likeness (QED) is 0.718. The first-order chi connectivity index (χ1) is 7.75. The fraction of sp³-hybridized carbons (Fsp3) is 0.833. The third-order valence-electron chi connectivity index (χ3n) is 2.99. The number of nitrogens with one attached hydrogen (secondary N) is 1. The van der Waals surface area contributed by atoms with Crippen molar-refractivity contribution in [1.82, 2.24) is 10.2 Å². The molecule has 1 aliphatic rings. The Morgan fingerprint density at radius 2 is 2.12 bits per heavy atom. The van der Waals surface area contributed by atoms with E-state index in [1.54, 1.807) is 0 Å². The van der Waals surface area contributed by atoms with Crippen LogP contribution in [0, 0.1) is 0 Å². The highest BCUT2D eigenvalue weighted by atomic mass is 16.5. The first-order valence-electron chi connectivity index (χ1n) is 5.89. The van der Waals surface area contributed by atoms with Crippen LogP contribution in [0.25, 0.3) is 0 Å². The summed E-state index contributed by atoms with van der Waals surface area (Å²) in [5.74, 6) is -0.446. The molecule has 0 saturated carbocycles. The van der Waals surface area contributed by atoms with Crippen LogP contribution < -0.4 is 5.32 Å². The number of esters is 1. The van der Waals surface area contributed by atoms with Gasteiger partial charge in [-0.2, -0.15) is 0 Å². The van der Waals surface area contributed by atoms with Gasteiger partial charge in [-0.1, -0.05) is 0 Å². The fourth-order valence-corrected chi connectivity index (χ4v) is 2.13. The molecule has 0 radical (unpaired) electrons. The molecule has 2 unspecified atom stereocenters. The highest BCUT2D eigenvalue weighted by Crippen LogP contribution is 2.22. The molecule has 1 fully saturated rings. The van der Waals surface area contributed by atoms with E-state index in [0.717, 1.165) is 6.54 Å². The molecule has 1 N–H and O–H groups in total. The van der Waals surface area contributed by atoms with Gasteiger partial charge in [0.15, 0.2) is 0 Å². The first kappa shape index (κ1) is 14.0. The van der Waals surface area contributed by atoms with Crippen molar-refractivity contribution in [2.24, 2.45) is 0 Å². The van der Waals surface area contributed by atoms with E-state index in [1.807, 2.05) is 27.7 Å². The molecule has 98 valence electrons. The number of hydrogen-bond donors (Lipinski definition) is 1. The predicted molar refractivity (Wildman–Crippen MR) is 64.5 cm³/mol. The normalized spacial score (nSPS) is 26.5. The topological polar surface area (TPSA) is 58.6 Å². The van der Waals surface area contributed by atoms with Gasteiger partial charge < -0.3 is 10.1 Å². The van der Waals surface area contributed by atoms with E-state index >= 15 is 0 Å². The maximum atomic E-state index is 12.0. The molecule has 17 heavy (non-hydrogen) atoms. The number of hydrogen-bond acceptors (Lipinski definition) is 4. The standard InChI is InChI=1S/C12H22N2O3/c1-8-7-14(12(2,3)4)9(11(16)13-8)6-10(15)17-5/h8-9H,6-7H2,1-5H3,(H,13,16). The van der Waals surface area contributed by atoms with E-state index in [0.29, 0.717) is 0 Å². The van der Waals surface area contributed by atoms with Crippen LogP contribution in [0.15, 0.2) is 0 Å². The molecule has 5 heteroatoms. The maximum absolute atomic E-state index is 12.0. The van der Waals surface area contributed by atoms with Gasteiger partial charge >= 0.3 is 5.97 Å². The molecule has 0 aromatic rings. The molecule has 1 rings (SSSR count). The summed E-state index contributed by atoms with van der Waals surface area (Å²) >= 11 is 0. The lowest BCUT2D eigenvalue weighted by molar-refractivity contribution is -0.148. The van der Waals surface area contributed by atoms with Crippen molar-refractivity contribution in [2.45, 2.75) is 51.7 Å². The Hall–Kier alpha value is -1.10. The average Bonchev–Trinajstić information content (AvgIpc) is 2.19. The summed E-state index contributed by atoms with van der Waals surface area (Å²) < 4.78 is 4.64. The number of rotatable bonds is 2. The van der Waals surface area contributed by atoms with Gasteiger partial charge in [-0.3, -0.25) is 14.5 Å². The molecule has 0 spiro atoms. The van der Waals surface area contributed by atoms with Gasteiger partial charge in [0.2, 0.25) is 5.91 Å². The van der Waals surface area contributed by atoms with Crippen LogP contribution in [0.3, 0.4) is 0 Å². The second-order valence-electron chi connectivity index (χ2n) is 5.53. The van der Waals surface area contributed by atoms with Gasteiger partial charge in [0, 0.05) is 18.1 Å². The smallest absolute Gasteiger partial charge is 0.307 e. The number of carbonyl (C=O) groups excluding carboxylic acids is 2. The average molecular weight is 242 g/mol. The number of methoxy groups -OCH3 is 1. The molecule has 1 saturated heterocycles. The van der Waals surface area contributed by atoms with Crippen molar-refractivity contribution in [2.75, 3.05) is 13.7 Å². The molecule has 0 aromatic heterocycles. The van der Waals surface area contributed by atoms with E-state index in [9.17, 15) is 9.59 Å². The zero-order valence-corrected chi connectivity index (χ0v) is 11.2. The van der Waals surface area contributed by atoms with Gasteiger partial charge in [0.05, 0.1) is 13.5 Å². The SMILES string of the molecule is COC(=O)CC1C(=O)NC(C)CN1C(C)(C)C. The van der Waals surface area contributed by atoms with Crippen molar-refractivity contribution in [1.29, 1.82) is 0 Å². The Bertz CT molecular complexity index is 309. The minimum Gasteiger partial charge on any atom is -0.469 e. The number of nitrogens with zero attached hydrogens (tertiary/aromatic N) is 1. The van der Waals surface area contributed by atoms with Crippen molar-refractivity contribution in [3.8, 4) is 0 Å². The van der Waals surface area contributed by atoms with Gasteiger partial charge in [-0.15, -0.1) is 0 Å². The van der Waals surface area contributed by atoms with Crippen LogP contribution in [0.2, 0.25) is 0 Å². The Kier molecular flexibility index (Phi) is 4.14. The number of piperazine rings is 1. The predicted octanol–water partition coefficient (Wildman–Crippen LogP) is 0.537. The molecular weight excluding hydrogens is 220 g/mol. The zero-order valence-electron chi connectivity index (χ0n) is 11.2. The van der Waals surface area contributed by atoms with Crippen LogP contribution >= 0.6 is 0 Å². The summed E-state index contributed by atoms with van der Waals surface area (Å²) in [5, 5.41) is 2.87. The second kappa shape index (κ2) is 5.04. The van der Waals surface area contributed by atoms with Crippen LogP contribution in [0.1, 0.15) is 34.1 Å². The summed E-state index contributed by atoms with van der Waals surface area (Å²) in [4.78, 5) is 25.4. The van der Waals surface area contributed by atoms with Crippen molar-refractivity contribution >= 4 is 11.9 Å². The third kappa shape index (κ3) is 3.43. The minimum absolute atomic E-state index is 0.0934. The summed E-state index contributed by atoms with van der Waals surface area (Å²) in [7, 11) is 1.34. The monoisotopic (exact) mass is 242 g/mol. The summed E-state index contributed by atoms with van der Waals surface area (Å²) in [6.07, 6.45) is 0.103. The van der Waals surface area contributed by atoms with Crippen LogP contribution in [-0.4, -0.2) is 48.1 Å². The molecule has 0 aliphatic carbocycles. The lowest BCUT2D eigenvalue weighted by Gasteiger charge is -2.45. The molecule has 5 nitrogen and oxygen atoms in total. The lowest BCUT2D eigenvalue weighted by Crippen LogP contribution is -2.64. The minimum atomic E-state index is -0.432. The Morgan fingerprint density at radius 1 is 1.53 bits per heavy atom. The Labute approximate surface area is 102 Å². The number of carbonyl (C=O) groups is 2. The van der Waals surface area contributed by atoms with Gasteiger partial charge in [0.1, 0.15) is 6.04 Å². The van der Waals surface area contributed by atoms with E-state index in [-0.39, 0.29) is 29.9 Å². The Morgan fingerprint density at radius 3 is 2.59 bits per heavy atom. The molecule has 1 heterocycles. The van der Waals surface area contributed by atoms with Crippen molar-refractivity contribution in [3.63, 3.8) is 0 Å². The number of ether oxygens (including phenoxy) is 1. The lowest BCUT2D eigenvalue weighted by atomic mass is 9.96. The summed E-state index contributed by atoms with van der Waals surface area (Å²) in [6.45, 7) is 8.84. The summed E-state index contributed by atoms with van der Waals surface area (Å²) in [6, 6.07) is -0.325. The molecule has 0 bridgehead atoms. The fourth-order valence-electron chi connectivity index (χ4n) is 2.13. The number of amides is 1. The summed E-state index contributed by atoms with van der Waals surface area (Å²) in [5.41, 5.74) is -0.148. The third-order valence-corrected chi connectivity index (χ3v) is 2.99. The Balaban J connectivity index is 2.87. The first-order valence-corrected chi connectivity index (χ1v) is 5.89. The molecule has 1 amide bonds. The van der Waals surface area contributed by atoms with Crippen LogP contribution in [-0.2, 0) is 14.3 Å². The van der Waals surface area contributed by atoms with Gasteiger partial charge in [-0.05, 0) is 27.7 Å². The molecule has 0 aromatic carbocycles. The van der Waals surface area contributed by atoms with Gasteiger partial charge in [0.25, 0.3) is 0 Å². The zero-order chi connectivity index (χ0) is 13.2. The van der Waals surface area contributed by atoms with Crippen LogP contribution in [0.4, 0.5) is 0 Å². The highest BCUT2D eigenvalue weighted by Gasteiger charge is 2.39. The van der Waals surface area contributed by atoms with E-state index < -0.39 is 6.04 Å². The molecular formula is C12H22N2O3. The van der Waals surface area contributed by atoms with Crippen molar-refractivity contribution in [3.05, 3.63) is 0 Å². The van der Waals surface area contributed by atoms with E-state index in [1.165, 1.54) is 7.11 Å². The highest BCUT2D eigenvalue weighted by molar-refractivity contribution is 5.87. The second-order valence-corrected chi connectivity index (χ2v) is 5.53. The largest absolute Gasteiger partial charge is 0.469 e. The molecule has 1 aliphatic heterocycles. The van der Waals surface area contributed by atoms with Crippen molar-refractivity contribution < 1.29 is 14.3 Å². The molecule has 2 atom stereocenters. The van der Waals surface area contributed by atoms with Crippen LogP contribution in [0.5, 0.6) is 0 Å². The van der Waals surface area contributed by atoms with E-state index in [4.69, 9.17) is 0 Å². The van der Waals surface area contributed by atoms with Gasteiger partial charge in [-0.25, -0.2) is 0 Å². The van der Waals surface area contributed by atoms with E-state index in [2.05, 4.69) is 15.0 Å².